The third-order valence-electron chi connectivity index (χ3n) is 2.15. The number of hydrogen-bond acceptors (Lipinski definition) is 6. The molecule has 78 valence electrons. The van der Waals surface area contributed by atoms with Crippen molar-refractivity contribution in [1.29, 1.82) is 0 Å². The molecule has 7 heteroatoms. The van der Waals surface area contributed by atoms with Crippen LogP contribution in [0, 0.1) is 0 Å². The molecule has 14 heavy (non-hydrogen) atoms. The lowest BCUT2D eigenvalue weighted by molar-refractivity contribution is 0.562. The van der Waals surface area contributed by atoms with Crippen LogP contribution >= 0.6 is 11.5 Å². The van der Waals surface area contributed by atoms with Gasteiger partial charge in [0.2, 0.25) is 5.13 Å². The van der Waals surface area contributed by atoms with Crippen LogP contribution in [0.2, 0.25) is 0 Å². The summed E-state index contributed by atoms with van der Waals surface area (Å²) in [4.78, 5) is 3.96. The Morgan fingerprint density at radius 2 is 2.43 bits per heavy atom. The fraction of sp³-hybridized carbons (Fsp3) is 0.714. The maximum absolute atomic E-state index is 11.3. The second kappa shape index (κ2) is 3.82. The van der Waals surface area contributed by atoms with Gasteiger partial charge >= 0.3 is 0 Å². The highest BCUT2D eigenvalue weighted by atomic mass is 32.2. The van der Waals surface area contributed by atoms with Gasteiger partial charge in [-0.05, 0) is 12.8 Å². The Hall–Kier alpha value is -0.690. The van der Waals surface area contributed by atoms with Gasteiger partial charge in [0.05, 0.1) is 11.5 Å². The molecule has 0 aliphatic carbocycles. The van der Waals surface area contributed by atoms with Crippen LogP contribution < -0.4 is 5.32 Å². The summed E-state index contributed by atoms with van der Waals surface area (Å²) in [5.74, 6) is 0.536. The van der Waals surface area contributed by atoms with E-state index < -0.39 is 9.84 Å². The summed E-state index contributed by atoms with van der Waals surface area (Å²) in [6.45, 7) is 0. The maximum atomic E-state index is 11.3. The molecule has 1 aromatic rings. The first-order valence-corrected chi connectivity index (χ1v) is 6.99. The number of nitrogens with zero attached hydrogens (tertiary/aromatic N) is 2. The summed E-state index contributed by atoms with van der Waals surface area (Å²) in [6.07, 6.45) is 3.09. The number of sulfone groups is 1. The molecular formula is C7H11N3O2S2. The molecule has 0 radical (unpaired) electrons. The van der Waals surface area contributed by atoms with Crippen molar-refractivity contribution in [2.75, 3.05) is 16.8 Å². The molecule has 1 fully saturated rings. The molecule has 2 heterocycles. The van der Waals surface area contributed by atoms with Crippen molar-refractivity contribution >= 4 is 26.5 Å². The second-order valence-electron chi connectivity index (χ2n) is 3.34. The van der Waals surface area contributed by atoms with E-state index in [1.54, 1.807) is 0 Å². The molecular weight excluding hydrogens is 222 g/mol. The van der Waals surface area contributed by atoms with Crippen LogP contribution in [0.3, 0.4) is 0 Å². The first kappa shape index (κ1) is 9.85. The number of aromatic nitrogens is 2. The van der Waals surface area contributed by atoms with E-state index in [9.17, 15) is 8.42 Å². The van der Waals surface area contributed by atoms with Gasteiger partial charge in [0.1, 0.15) is 6.33 Å². The van der Waals surface area contributed by atoms with Gasteiger partial charge in [0.25, 0.3) is 0 Å². The molecule has 5 nitrogen and oxygen atoms in total. The van der Waals surface area contributed by atoms with Crippen molar-refractivity contribution in [2.24, 2.45) is 0 Å². The van der Waals surface area contributed by atoms with Crippen molar-refractivity contribution in [3.05, 3.63) is 6.33 Å². The van der Waals surface area contributed by atoms with Gasteiger partial charge in [-0.3, -0.25) is 0 Å². The van der Waals surface area contributed by atoms with E-state index in [1.807, 2.05) is 0 Å². The van der Waals surface area contributed by atoms with Crippen LogP contribution in [-0.4, -0.2) is 35.3 Å². The van der Waals surface area contributed by atoms with Crippen molar-refractivity contribution in [3.8, 4) is 0 Å². The van der Waals surface area contributed by atoms with Gasteiger partial charge in [0, 0.05) is 17.6 Å². The third kappa shape index (κ3) is 2.42. The van der Waals surface area contributed by atoms with Gasteiger partial charge in [-0.2, -0.15) is 4.37 Å². The highest BCUT2D eigenvalue weighted by Gasteiger charge is 2.24. The average Bonchev–Trinajstić information content (AvgIpc) is 2.54. The Balaban J connectivity index is 1.99. The van der Waals surface area contributed by atoms with Crippen molar-refractivity contribution < 1.29 is 8.42 Å². The summed E-state index contributed by atoms with van der Waals surface area (Å²) >= 11 is 1.25. The first-order valence-electron chi connectivity index (χ1n) is 4.39. The van der Waals surface area contributed by atoms with E-state index in [0.29, 0.717) is 10.9 Å². The fourth-order valence-corrected chi connectivity index (χ4v) is 3.69. The van der Waals surface area contributed by atoms with Crippen LogP contribution in [0.25, 0.3) is 0 Å². The molecule has 2 rings (SSSR count). The Morgan fingerprint density at radius 3 is 3.07 bits per heavy atom. The quantitative estimate of drug-likeness (QED) is 0.806. The van der Waals surface area contributed by atoms with Gasteiger partial charge in [-0.1, -0.05) is 0 Å². The minimum Gasteiger partial charge on any atom is -0.357 e. The molecule has 0 bridgehead atoms. The van der Waals surface area contributed by atoms with Crippen LogP contribution in [-0.2, 0) is 9.84 Å². The molecule has 1 aliphatic heterocycles. The van der Waals surface area contributed by atoms with Gasteiger partial charge in [-0.15, -0.1) is 0 Å². The fourth-order valence-electron chi connectivity index (χ4n) is 1.55. The van der Waals surface area contributed by atoms with Crippen LogP contribution in [0.15, 0.2) is 6.33 Å². The lowest BCUT2D eigenvalue weighted by Crippen LogP contribution is -2.34. The van der Waals surface area contributed by atoms with Crippen LogP contribution in [0.4, 0.5) is 5.13 Å². The molecule has 0 amide bonds. The highest BCUT2D eigenvalue weighted by Crippen LogP contribution is 2.17. The lowest BCUT2D eigenvalue weighted by Gasteiger charge is -2.22. The highest BCUT2D eigenvalue weighted by molar-refractivity contribution is 7.91. The molecule has 0 aromatic carbocycles. The minimum absolute atomic E-state index is 0.00157. The van der Waals surface area contributed by atoms with E-state index in [4.69, 9.17) is 0 Å². The number of rotatable bonds is 2. The summed E-state index contributed by atoms with van der Waals surface area (Å²) in [7, 11) is -2.84. The Bertz CT molecular complexity index is 387. The average molecular weight is 233 g/mol. The summed E-state index contributed by atoms with van der Waals surface area (Å²) < 4.78 is 26.5. The predicted molar refractivity (Wildman–Crippen MR) is 55.2 cm³/mol. The van der Waals surface area contributed by atoms with Gasteiger partial charge < -0.3 is 5.32 Å². The molecule has 1 aliphatic rings. The largest absolute Gasteiger partial charge is 0.357 e. The molecule has 0 spiro atoms. The van der Waals surface area contributed by atoms with Gasteiger partial charge in [-0.25, -0.2) is 13.4 Å². The monoisotopic (exact) mass is 233 g/mol. The maximum Gasteiger partial charge on any atom is 0.202 e. The molecule has 1 saturated heterocycles. The molecule has 0 saturated carbocycles. The number of anilines is 1. The summed E-state index contributed by atoms with van der Waals surface area (Å²) in [5.41, 5.74) is 0. The van der Waals surface area contributed by atoms with Crippen molar-refractivity contribution in [2.45, 2.75) is 18.9 Å². The standard InChI is InChI=1S/C7H11N3O2S2/c11-14(12)3-1-2-6(4-14)10-7-8-5-9-13-7/h5-6H,1-4H2,(H,8,9,10). The molecule has 1 unspecified atom stereocenters. The normalized spacial score (nSPS) is 25.9. The minimum atomic E-state index is -2.84. The zero-order chi connectivity index (χ0) is 10.0. The SMILES string of the molecule is O=S1(=O)CCCC(Nc2ncns2)C1. The zero-order valence-corrected chi connectivity index (χ0v) is 9.14. The van der Waals surface area contributed by atoms with E-state index in [0.717, 1.165) is 12.8 Å². The van der Waals surface area contributed by atoms with E-state index in [2.05, 4.69) is 14.7 Å². The Morgan fingerprint density at radius 1 is 1.57 bits per heavy atom. The molecule has 1 aromatic heterocycles. The third-order valence-corrected chi connectivity index (χ3v) is 4.57. The van der Waals surface area contributed by atoms with Crippen molar-refractivity contribution in [3.63, 3.8) is 0 Å². The van der Waals surface area contributed by atoms with Crippen LogP contribution in [0.1, 0.15) is 12.8 Å². The number of nitrogens with one attached hydrogen (secondary N) is 1. The Labute approximate surface area is 86.6 Å². The zero-order valence-electron chi connectivity index (χ0n) is 7.51. The molecule has 1 N–H and O–H groups in total. The first-order chi connectivity index (χ1) is 6.66. The van der Waals surface area contributed by atoms with Gasteiger partial charge in [0.15, 0.2) is 9.84 Å². The number of hydrogen-bond donors (Lipinski definition) is 1. The van der Waals surface area contributed by atoms with Crippen LogP contribution in [0.5, 0.6) is 0 Å². The van der Waals surface area contributed by atoms with Crippen molar-refractivity contribution in [1.82, 2.24) is 9.36 Å². The smallest absolute Gasteiger partial charge is 0.202 e. The van der Waals surface area contributed by atoms with E-state index in [1.165, 1.54) is 17.9 Å². The lowest BCUT2D eigenvalue weighted by atomic mass is 10.2. The summed E-state index contributed by atoms with van der Waals surface area (Å²) in [5, 5.41) is 3.78. The summed E-state index contributed by atoms with van der Waals surface area (Å²) in [6, 6.07) is 0.00157. The second-order valence-corrected chi connectivity index (χ2v) is 6.35. The predicted octanol–water partition coefficient (Wildman–Crippen LogP) is 0.527. The topological polar surface area (TPSA) is 72.0 Å². The Kier molecular flexibility index (Phi) is 2.69. The van der Waals surface area contributed by atoms with E-state index >= 15 is 0 Å². The van der Waals surface area contributed by atoms with E-state index in [-0.39, 0.29) is 11.8 Å². The molecule has 1 atom stereocenters.